The minimum absolute atomic E-state index is 0.361. The van der Waals surface area contributed by atoms with E-state index >= 15 is 0 Å². The molecule has 3 nitrogen and oxygen atoms in total. The summed E-state index contributed by atoms with van der Waals surface area (Å²) in [5.74, 6) is 2.85. The van der Waals surface area contributed by atoms with E-state index in [1.807, 2.05) is 30.3 Å². The molecule has 0 atom stereocenters. The fourth-order valence-electron chi connectivity index (χ4n) is 5.78. The van der Waals surface area contributed by atoms with E-state index in [-0.39, 0.29) is 0 Å². The molecule has 0 radical (unpaired) electrons. The second kappa shape index (κ2) is 6.06. The predicted molar refractivity (Wildman–Crippen MR) is 108 cm³/mol. The summed E-state index contributed by atoms with van der Waals surface area (Å²) in [5, 5.41) is 10.3. The van der Waals surface area contributed by atoms with Gasteiger partial charge in [-0.05, 0) is 80.6 Å². The number of nitrogens with zero attached hydrogens (tertiary/aromatic N) is 1. The topological polar surface area (TPSA) is 37.0 Å². The molecule has 4 bridgehead atoms. The monoisotopic (exact) mass is 369 g/mol. The number of nitrogens with one attached hydrogen (secondary N) is 2. The maximum Gasteiger partial charge on any atom is 0.189 e. The lowest BCUT2D eigenvalue weighted by Gasteiger charge is -2.56. The second-order valence-corrected chi connectivity index (χ2v) is 9.45. The molecule has 4 aliphatic carbocycles. The zero-order chi connectivity index (χ0) is 16.9. The summed E-state index contributed by atoms with van der Waals surface area (Å²) in [6.07, 6.45) is 8.48. The van der Waals surface area contributed by atoms with Crippen LogP contribution in [0, 0.1) is 17.8 Å². The number of thiocarbonyl (C=S) groups is 1. The Morgan fingerprint density at radius 1 is 1.00 bits per heavy atom. The summed E-state index contributed by atoms with van der Waals surface area (Å²) in [6, 6.07) is 10.0. The van der Waals surface area contributed by atoms with Crippen molar-refractivity contribution in [1.82, 2.24) is 4.98 Å². The Labute approximate surface area is 158 Å². The van der Waals surface area contributed by atoms with Gasteiger partial charge in [-0.1, -0.05) is 18.2 Å². The van der Waals surface area contributed by atoms with Gasteiger partial charge in [0.25, 0.3) is 0 Å². The molecule has 1 aromatic heterocycles. The van der Waals surface area contributed by atoms with Crippen molar-refractivity contribution < 1.29 is 0 Å². The van der Waals surface area contributed by atoms with Crippen molar-refractivity contribution in [3.8, 4) is 0 Å². The van der Waals surface area contributed by atoms with Crippen molar-refractivity contribution in [3.05, 3.63) is 41.4 Å². The van der Waals surface area contributed by atoms with Crippen molar-refractivity contribution in [2.24, 2.45) is 17.8 Å². The van der Waals surface area contributed by atoms with Crippen LogP contribution in [0.2, 0.25) is 0 Å². The molecule has 6 rings (SSSR count). The highest BCUT2D eigenvalue weighted by Gasteiger charge is 2.52. The molecule has 130 valence electrons. The number of para-hydroxylation sites is 1. The van der Waals surface area contributed by atoms with Gasteiger partial charge in [0.05, 0.1) is 5.69 Å². The Bertz CT molecular complexity index is 748. The average molecular weight is 370 g/mol. The van der Waals surface area contributed by atoms with Crippen LogP contribution >= 0.6 is 23.6 Å². The van der Waals surface area contributed by atoms with Crippen molar-refractivity contribution in [2.75, 3.05) is 10.6 Å². The van der Waals surface area contributed by atoms with Crippen LogP contribution in [0.5, 0.6) is 0 Å². The summed E-state index contributed by atoms with van der Waals surface area (Å²) in [7, 11) is 0. The van der Waals surface area contributed by atoms with Gasteiger partial charge in [0, 0.05) is 16.5 Å². The first kappa shape index (κ1) is 15.8. The molecule has 0 saturated heterocycles. The molecule has 0 spiro atoms. The van der Waals surface area contributed by atoms with E-state index in [0.29, 0.717) is 10.5 Å². The zero-order valence-electron chi connectivity index (χ0n) is 14.2. The highest BCUT2D eigenvalue weighted by atomic mass is 32.1. The molecule has 2 aromatic rings. The number of anilines is 2. The first-order chi connectivity index (χ1) is 12.2. The molecule has 1 aromatic carbocycles. The lowest BCUT2D eigenvalue weighted by Crippen LogP contribution is -2.48. The summed E-state index contributed by atoms with van der Waals surface area (Å²) in [5.41, 5.74) is 2.68. The number of hydrogen-bond donors (Lipinski definition) is 2. The molecular formula is C20H23N3S2. The quantitative estimate of drug-likeness (QED) is 0.708. The van der Waals surface area contributed by atoms with Gasteiger partial charge in [0.1, 0.15) is 0 Å². The Hall–Kier alpha value is -1.46. The van der Waals surface area contributed by atoms with Crippen molar-refractivity contribution >= 4 is 39.5 Å². The van der Waals surface area contributed by atoms with Crippen LogP contribution in [-0.4, -0.2) is 10.1 Å². The number of rotatable bonds is 3. The van der Waals surface area contributed by atoms with E-state index in [2.05, 4.69) is 16.0 Å². The normalized spacial score (nSPS) is 32.6. The third-order valence-corrected chi connectivity index (χ3v) is 7.30. The Kier molecular flexibility index (Phi) is 3.82. The second-order valence-electron chi connectivity index (χ2n) is 8.18. The van der Waals surface area contributed by atoms with E-state index < -0.39 is 0 Å². The van der Waals surface area contributed by atoms with Crippen LogP contribution in [0.15, 0.2) is 35.7 Å². The first-order valence-corrected chi connectivity index (χ1v) is 10.6. The summed E-state index contributed by atoms with van der Waals surface area (Å²) < 4.78 is 0. The average Bonchev–Trinajstić information content (AvgIpc) is 3.04. The van der Waals surface area contributed by atoms with Crippen molar-refractivity contribution in [1.29, 1.82) is 0 Å². The molecule has 4 aliphatic rings. The van der Waals surface area contributed by atoms with Crippen molar-refractivity contribution in [2.45, 2.75) is 43.9 Å². The van der Waals surface area contributed by atoms with Crippen molar-refractivity contribution in [3.63, 3.8) is 0 Å². The third-order valence-electron chi connectivity index (χ3n) is 6.34. The molecule has 1 heterocycles. The molecule has 2 N–H and O–H groups in total. The fraction of sp³-hybridized carbons (Fsp3) is 0.500. The van der Waals surface area contributed by atoms with E-state index in [1.165, 1.54) is 44.2 Å². The van der Waals surface area contributed by atoms with Gasteiger partial charge >= 0.3 is 0 Å². The Balaban J connectivity index is 1.30. The van der Waals surface area contributed by atoms with Gasteiger partial charge in [-0.3, -0.25) is 0 Å². The van der Waals surface area contributed by atoms with Gasteiger partial charge in [-0.15, -0.1) is 11.3 Å². The standard InChI is InChI=1S/C20H23N3S2/c24-18(21-16-4-2-1-3-5-16)23-19-22-17(12-25-19)20-9-13-6-14(10-20)8-15(7-13)11-20/h1-5,12-15H,6-11H2,(H2,21,22,23,24). The van der Waals surface area contributed by atoms with Crippen LogP contribution in [0.25, 0.3) is 0 Å². The maximum atomic E-state index is 5.44. The molecule has 25 heavy (non-hydrogen) atoms. The maximum absolute atomic E-state index is 5.44. The van der Waals surface area contributed by atoms with Gasteiger partial charge < -0.3 is 10.6 Å². The van der Waals surface area contributed by atoms with Gasteiger partial charge in [-0.25, -0.2) is 4.98 Å². The molecule has 4 fully saturated rings. The highest BCUT2D eigenvalue weighted by molar-refractivity contribution is 7.80. The molecule has 0 amide bonds. The van der Waals surface area contributed by atoms with E-state index in [9.17, 15) is 0 Å². The molecule has 0 unspecified atom stereocenters. The molecule has 5 heteroatoms. The van der Waals surface area contributed by atoms with Gasteiger partial charge in [0.2, 0.25) is 0 Å². The number of thiazole rings is 1. The third kappa shape index (κ3) is 2.97. The lowest BCUT2D eigenvalue weighted by atomic mass is 9.49. The summed E-state index contributed by atoms with van der Waals surface area (Å²) >= 11 is 7.13. The van der Waals surface area contributed by atoms with Gasteiger partial charge in [0.15, 0.2) is 10.2 Å². The van der Waals surface area contributed by atoms with Crippen LogP contribution in [0.4, 0.5) is 10.8 Å². The largest absolute Gasteiger partial charge is 0.332 e. The smallest absolute Gasteiger partial charge is 0.189 e. The highest BCUT2D eigenvalue weighted by Crippen LogP contribution is 2.60. The fourth-order valence-corrected chi connectivity index (χ4v) is 6.90. The van der Waals surface area contributed by atoms with Crippen LogP contribution in [-0.2, 0) is 5.41 Å². The van der Waals surface area contributed by atoms with E-state index in [4.69, 9.17) is 17.2 Å². The summed E-state index contributed by atoms with van der Waals surface area (Å²) in [4.78, 5) is 4.96. The number of benzene rings is 1. The number of hydrogen-bond acceptors (Lipinski definition) is 3. The first-order valence-electron chi connectivity index (χ1n) is 9.28. The zero-order valence-corrected chi connectivity index (χ0v) is 15.8. The molecule has 4 saturated carbocycles. The Morgan fingerprint density at radius 3 is 2.28 bits per heavy atom. The lowest BCUT2D eigenvalue weighted by molar-refractivity contribution is -0.00688. The predicted octanol–water partition coefficient (Wildman–Crippen LogP) is 5.42. The summed E-state index contributed by atoms with van der Waals surface area (Å²) in [6.45, 7) is 0. The SMILES string of the molecule is S=C(Nc1ccccc1)Nc1nc(C23CC4CC(CC(C4)C2)C3)cs1. The van der Waals surface area contributed by atoms with Gasteiger partial charge in [-0.2, -0.15) is 0 Å². The minimum Gasteiger partial charge on any atom is -0.332 e. The van der Waals surface area contributed by atoms with E-state index in [0.717, 1.165) is 28.6 Å². The molecular weight excluding hydrogens is 346 g/mol. The van der Waals surface area contributed by atoms with Crippen LogP contribution < -0.4 is 10.6 Å². The molecule has 0 aliphatic heterocycles. The van der Waals surface area contributed by atoms with E-state index in [1.54, 1.807) is 11.3 Å². The van der Waals surface area contributed by atoms with Crippen LogP contribution in [0.3, 0.4) is 0 Å². The number of aromatic nitrogens is 1. The minimum atomic E-state index is 0.361. The van der Waals surface area contributed by atoms with Crippen LogP contribution in [0.1, 0.15) is 44.2 Å². The Morgan fingerprint density at radius 2 is 1.64 bits per heavy atom.